The van der Waals surface area contributed by atoms with Gasteiger partial charge in [-0.15, -0.1) is 11.3 Å². The summed E-state index contributed by atoms with van der Waals surface area (Å²) >= 11 is 5.07. The van der Waals surface area contributed by atoms with Crippen LogP contribution in [0.25, 0.3) is 0 Å². The number of carbonyl (C=O) groups is 1. The summed E-state index contributed by atoms with van der Waals surface area (Å²) in [5, 5.41) is 5.00. The highest BCUT2D eigenvalue weighted by atomic mass is 79.9. The van der Waals surface area contributed by atoms with Gasteiger partial charge in [0.15, 0.2) is 0 Å². The van der Waals surface area contributed by atoms with Gasteiger partial charge in [0.05, 0.1) is 6.04 Å². The van der Waals surface area contributed by atoms with Gasteiger partial charge < -0.3 is 16.0 Å². The predicted octanol–water partition coefficient (Wildman–Crippen LogP) is 2.31. The molecule has 0 spiro atoms. The molecule has 6 heteroatoms. The van der Waals surface area contributed by atoms with Gasteiger partial charge in [0.2, 0.25) is 0 Å². The third-order valence-electron chi connectivity index (χ3n) is 2.52. The zero-order valence-electron chi connectivity index (χ0n) is 9.87. The Kier molecular flexibility index (Phi) is 3.47. The molecule has 1 aliphatic heterocycles. The largest absolute Gasteiger partial charge is 0.329 e. The van der Waals surface area contributed by atoms with E-state index in [1.807, 2.05) is 25.3 Å². The molecule has 1 fully saturated rings. The molecule has 3 N–H and O–H groups in total. The number of hydrogen-bond donors (Lipinski definition) is 2. The highest BCUT2D eigenvalue weighted by Crippen LogP contribution is 2.29. The van der Waals surface area contributed by atoms with Gasteiger partial charge in [0.25, 0.3) is 0 Å². The van der Waals surface area contributed by atoms with Crippen LogP contribution < -0.4 is 11.1 Å². The zero-order chi connectivity index (χ0) is 12.6. The maximum Gasteiger partial charge on any atom is 0.318 e. The van der Waals surface area contributed by atoms with Gasteiger partial charge in [-0.1, -0.05) is 0 Å². The van der Waals surface area contributed by atoms with Crippen LogP contribution in [0.4, 0.5) is 4.79 Å². The topological polar surface area (TPSA) is 58.4 Å². The molecule has 1 unspecified atom stereocenters. The second-order valence-electron chi connectivity index (χ2n) is 5.04. The number of nitrogens with one attached hydrogen (secondary N) is 1. The molecule has 1 aromatic heterocycles. The van der Waals surface area contributed by atoms with Crippen LogP contribution in [0.15, 0.2) is 15.9 Å². The van der Waals surface area contributed by atoms with Crippen molar-refractivity contribution in [1.29, 1.82) is 0 Å². The van der Waals surface area contributed by atoms with Crippen LogP contribution in [-0.2, 0) is 0 Å². The van der Waals surface area contributed by atoms with Crippen LogP contribution in [0.5, 0.6) is 0 Å². The highest BCUT2D eigenvalue weighted by molar-refractivity contribution is 9.10. The lowest BCUT2D eigenvalue weighted by Crippen LogP contribution is -2.46. The molecule has 2 amide bonds. The summed E-state index contributed by atoms with van der Waals surface area (Å²) < 4.78 is 1.06. The highest BCUT2D eigenvalue weighted by Gasteiger charge is 2.32. The zero-order valence-corrected chi connectivity index (χ0v) is 12.3. The molecule has 1 aliphatic rings. The SMILES string of the molecule is CC(C)(N)CN1CC(c2cc(Br)cs2)NC1=O. The van der Waals surface area contributed by atoms with Crippen molar-refractivity contribution < 1.29 is 4.79 Å². The van der Waals surface area contributed by atoms with E-state index in [1.54, 1.807) is 16.2 Å². The first-order valence-electron chi connectivity index (χ1n) is 5.43. The molecule has 17 heavy (non-hydrogen) atoms. The normalized spacial score (nSPS) is 20.8. The molecule has 1 atom stereocenters. The second kappa shape index (κ2) is 4.59. The van der Waals surface area contributed by atoms with Crippen LogP contribution in [-0.4, -0.2) is 29.6 Å². The average Bonchev–Trinajstić information content (AvgIpc) is 2.72. The van der Waals surface area contributed by atoms with E-state index in [-0.39, 0.29) is 17.6 Å². The molecule has 94 valence electrons. The van der Waals surface area contributed by atoms with Crippen LogP contribution >= 0.6 is 27.3 Å². The van der Waals surface area contributed by atoms with E-state index in [9.17, 15) is 4.79 Å². The van der Waals surface area contributed by atoms with E-state index in [0.717, 1.165) is 4.47 Å². The second-order valence-corrected chi connectivity index (χ2v) is 6.90. The van der Waals surface area contributed by atoms with E-state index in [4.69, 9.17) is 5.73 Å². The number of nitrogens with two attached hydrogens (primary N) is 1. The van der Waals surface area contributed by atoms with Crippen molar-refractivity contribution in [3.8, 4) is 0 Å². The van der Waals surface area contributed by atoms with Crippen LogP contribution in [0.2, 0.25) is 0 Å². The number of rotatable bonds is 3. The number of hydrogen-bond acceptors (Lipinski definition) is 3. The fraction of sp³-hybridized carbons (Fsp3) is 0.545. The Morgan fingerprint density at radius 1 is 1.71 bits per heavy atom. The Hall–Kier alpha value is -0.590. The van der Waals surface area contributed by atoms with Crippen molar-refractivity contribution in [2.24, 2.45) is 5.73 Å². The Morgan fingerprint density at radius 3 is 2.94 bits per heavy atom. The van der Waals surface area contributed by atoms with E-state index in [1.165, 1.54) is 4.88 Å². The van der Waals surface area contributed by atoms with Crippen LogP contribution in [0, 0.1) is 0 Å². The number of halogens is 1. The average molecular weight is 318 g/mol. The maximum absolute atomic E-state index is 11.8. The number of carbonyl (C=O) groups excluding carboxylic acids is 1. The molecule has 0 saturated carbocycles. The molecule has 1 saturated heterocycles. The van der Waals surface area contributed by atoms with Crippen molar-refractivity contribution in [1.82, 2.24) is 10.2 Å². The summed E-state index contributed by atoms with van der Waals surface area (Å²) in [4.78, 5) is 14.7. The standard InChI is InChI=1S/C11H16BrN3OS/c1-11(2,13)6-15-4-8(14-10(15)16)9-3-7(12)5-17-9/h3,5,8H,4,6,13H2,1-2H3,(H,14,16). The molecule has 0 radical (unpaired) electrons. The van der Waals surface area contributed by atoms with Gasteiger partial charge in [-0.05, 0) is 35.8 Å². The lowest BCUT2D eigenvalue weighted by atomic mass is 10.1. The van der Waals surface area contributed by atoms with Crippen molar-refractivity contribution >= 4 is 33.3 Å². The minimum Gasteiger partial charge on any atom is -0.329 e. The van der Waals surface area contributed by atoms with Gasteiger partial charge in [-0.2, -0.15) is 0 Å². The predicted molar refractivity (Wildman–Crippen MR) is 73.1 cm³/mol. The molecule has 4 nitrogen and oxygen atoms in total. The third kappa shape index (κ3) is 3.20. The smallest absolute Gasteiger partial charge is 0.318 e. The molecule has 0 bridgehead atoms. The number of amides is 2. The molecule has 0 aromatic carbocycles. The Morgan fingerprint density at radius 2 is 2.41 bits per heavy atom. The Labute approximate surface area is 113 Å². The number of urea groups is 1. The molecule has 2 rings (SSSR count). The Bertz CT molecular complexity index is 427. The summed E-state index contributed by atoms with van der Waals surface area (Å²) in [6.45, 7) is 5.11. The Balaban J connectivity index is 2.04. The lowest BCUT2D eigenvalue weighted by Gasteiger charge is -2.25. The van der Waals surface area contributed by atoms with E-state index < -0.39 is 0 Å². The van der Waals surface area contributed by atoms with Crippen molar-refractivity contribution in [2.75, 3.05) is 13.1 Å². The minimum atomic E-state index is -0.359. The van der Waals surface area contributed by atoms with E-state index >= 15 is 0 Å². The van der Waals surface area contributed by atoms with Crippen LogP contribution in [0.3, 0.4) is 0 Å². The maximum atomic E-state index is 11.8. The summed E-state index contributed by atoms with van der Waals surface area (Å²) in [6, 6.07) is 2.10. The fourth-order valence-corrected chi connectivity index (χ4v) is 3.38. The summed E-state index contributed by atoms with van der Waals surface area (Å²) in [5.41, 5.74) is 5.58. The first-order chi connectivity index (χ1) is 7.85. The van der Waals surface area contributed by atoms with Gasteiger partial charge in [0, 0.05) is 33.4 Å². The van der Waals surface area contributed by atoms with Gasteiger partial charge in [-0.25, -0.2) is 4.79 Å². The van der Waals surface area contributed by atoms with Gasteiger partial charge in [0.1, 0.15) is 0 Å². The molecule has 1 aromatic rings. The minimum absolute atomic E-state index is 0.0296. The fourth-order valence-electron chi connectivity index (χ4n) is 1.89. The summed E-state index contributed by atoms with van der Waals surface area (Å²) in [6.07, 6.45) is 0. The van der Waals surface area contributed by atoms with Crippen molar-refractivity contribution in [3.63, 3.8) is 0 Å². The van der Waals surface area contributed by atoms with Gasteiger partial charge >= 0.3 is 6.03 Å². The van der Waals surface area contributed by atoms with E-state index in [0.29, 0.717) is 13.1 Å². The monoisotopic (exact) mass is 317 g/mol. The first-order valence-corrected chi connectivity index (χ1v) is 7.11. The molecular formula is C11H16BrN3OS. The van der Waals surface area contributed by atoms with Gasteiger partial charge in [-0.3, -0.25) is 0 Å². The molecule has 0 aliphatic carbocycles. The van der Waals surface area contributed by atoms with E-state index in [2.05, 4.69) is 21.2 Å². The quantitative estimate of drug-likeness (QED) is 0.898. The van der Waals surface area contributed by atoms with Crippen LogP contribution in [0.1, 0.15) is 24.8 Å². The number of thiophene rings is 1. The first kappa shape index (κ1) is 12.9. The lowest BCUT2D eigenvalue weighted by molar-refractivity contribution is 0.207. The third-order valence-corrected chi connectivity index (χ3v) is 4.32. The number of nitrogens with zero attached hydrogens (tertiary/aromatic N) is 1. The molecule has 2 heterocycles. The molecular weight excluding hydrogens is 302 g/mol. The van der Waals surface area contributed by atoms with Crippen molar-refractivity contribution in [3.05, 3.63) is 20.8 Å². The summed E-state index contributed by atoms with van der Waals surface area (Å²) in [7, 11) is 0. The summed E-state index contributed by atoms with van der Waals surface area (Å²) in [5.74, 6) is 0. The van der Waals surface area contributed by atoms with Crippen molar-refractivity contribution in [2.45, 2.75) is 25.4 Å².